The van der Waals surface area contributed by atoms with Gasteiger partial charge in [0.15, 0.2) is 0 Å². The van der Waals surface area contributed by atoms with Crippen molar-refractivity contribution in [3.63, 3.8) is 0 Å². The first-order valence-corrected chi connectivity index (χ1v) is 7.14. The lowest BCUT2D eigenvalue weighted by molar-refractivity contribution is -0.148. The summed E-state index contributed by atoms with van der Waals surface area (Å²) in [4.78, 5) is 13.6. The highest BCUT2D eigenvalue weighted by Crippen LogP contribution is 2.38. The Morgan fingerprint density at radius 3 is 2.79 bits per heavy atom. The molecular weight excluding hydrogens is 238 g/mol. The molecule has 1 unspecified atom stereocenters. The molecule has 3 nitrogen and oxygen atoms in total. The SMILES string of the molecule is CC(=O)OC1C[C@H]2C[C@@H]1CN(Cc1ccccc1)C2. The Labute approximate surface area is 114 Å². The topological polar surface area (TPSA) is 29.5 Å². The van der Waals surface area contributed by atoms with Gasteiger partial charge < -0.3 is 4.74 Å². The molecule has 0 spiro atoms. The van der Waals surface area contributed by atoms with Gasteiger partial charge in [-0.2, -0.15) is 0 Å². The molecule has 1 aliphatic heterocycles. The fraction of sp³-hybridized carbons (Fsp3) is 0.562. The molecule has 2 aliphatic rings. The number of benzene rings is 1. The zero-order valence-corrected chi connectivity index (χ0v) is 11.4. The molecule has 1 heterocycles. The third-order valence-electron chi connectivity index (χ3n) is 4.30. The number of carbonyl (C=O) groups excluding carboxylic acids is 1. The fourth-order valence-corrected chi connectivity index (χ4v) is 3.64. The Morgan fingerprint density at radius 1 is 1.26 bits per heavy atom. The van der Waals surface area contributed by atoms with Gasteiger partial charge in [0.05, 0.1) is 0 Å². The molecule has 1 aromatic carbocycles. The van der Waals surface area contributed by atoms with Gasteiger partial charge >= 0.3 is 5.97 Å². The van der Waals surface area contributed by atoms with Gasteiger partial charge in [-0.15, -0.1) is 0 Å². The number of piperidine rings is 1. The van der Waals surface area contributed by atoms with E-state index in [0.29, 0.717) is 11.8 Å². The molecule has 1 aromatic rings. The minimum absolute atomic E-state index is 0.132. The van der Waals surface area contributed by atoms with E-state index in [2.05, 4.69) is 35.2 Å². The predicted octanol–water partition coefficient (Wildman–Crippen LogP) is 2.46. The van der Waals surface area contributed by atoms with Crippen LogP contribution in [0.4, 0.5) is 0 Å². The Kier molecular flexibility index (Phi) is 3.56. The summed E-state index contributed by atoms with van der Waals surface area (Å²) in [7, 11) is 0. The quantitative estimate of drug-likeness (QED) is 0.781. The van der Waals surface area contributed by atoms with E-state index in [1.54, 1.807) is 0 Å². The monoisotopic (exact) mass is 259 g/mol. The van der Waals surface area contributed by atoms with Crippen LogP contribution in [0.1, 0.15) is 25.3 Å². The number of carbonyl (C=O) groups is 1. The minimum Gasteiger partial charge on any atom is -0.462 e. The van der Waals surface area contributed by atoms with Crippen LogP contribution in [0.25, 0.3) is 0 Å². The van der Waals surface area contributed by atoms with Crippen molar-refractivity contribution in [2.24, 2.45) is 11.8 Å². The van der Waals surface area contributed by atoms with Gasteiger partial charge in [-0.1, -0.05) is 30.3 Å². The van der Waals surface area contributed by atoms with Crippen LogP contribution in [0.5, 0.6) is 0 Å². The van der Waals surface area contributed by atoms with Crippen LogP contribution >= 0.6 is 0 Å². The largest absolute Gasteiger partial charge is 0.462 e. The Balaban J connectivity index is 1.61. The summed E-state index contributed by atoms with van der Waals surface area (Å²) in [6.07, 6.45) is 2.43. The van der Waals surface area contributed by atoms with Crippen LogP contribution in [-0.4, -0.2) is 30.1 Å². The van der Waals surface area contributed by atoms with Crippen molar-refractivity contribution in [1.29, 1.82) is 0 Å². The lowest BCUT2D eigenvalue weighted by atomic mass is 9.98. The van der Waals surface area contributed by atoms with Crippen molar-refractivity contribution in [1.82, 2.24) is 4.90 Å². The Bertz CT molecular complexity index is 445. The summed E-state index contributed by atoms with van der Waals surface area (Å²) >= 11 is 0. The second kappa shape index (κ2) is 5.33. The summed E-state index contributed by atoms with van der Waals surface area (Å²) in [5.74, 6) is 1.10. The number of hydrogen-bond donors (Lipinski definition) is 0. The van der Waals surface area contributed by atoms with Gasteiger partial charge in [-0.25, -0.2) is 0 Å². The van der Waals surface area contributed by atoms with Crippen LogP contribution < -0.4 is 0 Å². The second-order valence-corrected chi connectivity index (χ2v) is 5.93. The average Bonchev–Trinajstić information content (AvgIpc) is 2.64. The zero-order chi connectivity index (χ0) is 13.2. The van der Waals surface area contributed by atoms with Gasteiger partial charge in [0.25, 0.3) is 0 Å². The molecule has 0 N–H and O–H groups in total. The van der Waals surface area contributed by atoms with Crippen molar-refractivity contribution in [2.75, 3.05) is 13.1 Å². The highest BCUT2D eigenvalue weighted by Gasteiger charge is 2.41. The molecule has 1 saturated heterocycles. The maximum Gasteiger partial charge on any atom is 0.302 e. The lowest BCUT2D eigenvalue weighted by Gasteiger charge is -2.32. The van der Waals surface area contributed by atoms with Crippen LogP contribution in [-0.2, 0) is 16.1 Å². The molecule has 3 rings (SSSR count). The standard InChI is InChI=1S/C16H21NO2/c1-12(18)19-16-8-14-7-15(16)11-17(10-14)9-13-5-3-2-4-6-13/h2-6,14-16H,7-11H2,1H3/t14-,15-,16?/m1/s1. The van der Waals surface area contributed by atoms with Crippen molar-refractivity contribution in [2.45, 2.75) is 32.4 Å². The summed E-state index contributed by atoms with van der Waals surface area (Å²) in [6.45, 7) is 4.73. The minimum atomic E-state index is -0.132. The summed E-state index contributed by atoms with van der Waals surface area (Å²) < 4.78 is 5.46. The maximum absolute atomic E-state index is 11.1. The Morgan fingerprint density at radius 2 is 2.05 bits per heavy atom. The fourth-order valence-electron chi connectivity index (χ4n) is 3.64. The molecule has 2 bridgehead atoms. The van der Waals surface area contributed by atoms with Gasteiger partial charge in [-0.05, 0) is 24.3 Å². The number of likely N-dealkylation sites (tertiary alicyclic amines) is 1. The van der Waals surface area contributed by atoms with E-state index in [1.807, 2.05) is 0 Å². The van der Waals surface area contributed by atoms with E-state index < -0.39 is 0 Å². The van der Waals surface area contributed by atoms with Crippen LogP contribution in [0, 0.1) is 11.8 Å². The summed E-state index contributed by atoms with van der Waals surface area (Å²) in [5, 5.41) is 0. The first-order chi connectivity index (χ1) is 9.20. The van der Waals surface area contributed by atoms with Crippen molar-refractivity contribution < 1.29 is 9.53 Å². The number of rotatable bonds is 3. The number of fused-ring (bicyclic) bond motifs is 2. The van der Waals surface area contributed by atoms with E-state index >= 15 is 0 Å². The number of nitrogens with zero attached hydrogens (tertiary/aromatic N) is 1. The van der Waals surface area contributed by atoms with E-state index in [0.717, 1.165) is 26.1 Å². The van der Waals surface area contributed by atoms with E-state index in [9.17, 15) is 4.79 Å². The number of hydrogen-bond acceptors (Lipinski definition) is 3. The predicted molar refractivity (Wildman–Crippen MR) is 73.5 cm³/mol. The maximum atomic E-state index is 11.1. The van der Waals surface area contributed by atoms with Crippen LogP contribution in [0.3, 0.4) is 0 Å². The van der Waals surface area contributed by atoms with Gasteiger partial charge in [0, 0.05) is 32.5 Å². The Hall–Kier alpha value is -1.35. The normalized spacial score (nSPS) is 30.3. The van der Waals surface area contributed by atoms with Gasteiger partial charge in [0.1, 0.15) is 6.10 Å². The highest BCUT2D eigenvalue weighted by atomic mass is 16.5. The van der Waals surface area contributed by atoms with Gasteiger partial charge in [0.2, 0.25) is 0 Å². The average molecular weight is 259 g/mol. The number of esters is 1. The van der Waals surface area contributed by atoms with Gasteiger partial charge in [-0.3, -0.25) is 9.69 Å². The highest BCUT2D eigenvalue weighted by molar-refractivity contribution is 5.66. The molecule has 102 valence electrons. The molecule has 1 saturated carbocycles. The van der Waals surface area contributed by atoms with E-state index in [1.165, 1.54) is 18.9 Å². The first-order valence-electron chi connectivity index (χ1n) is 7.14. The molecule has 3 heteroatoms. The smallest absolute Gasteiger partial charge is 0.302 e. The molecular formula is C16H21NO2. The third kappa shape index (κ3) is 2.98. The molecule has 19 heavy (non-hydrogen) atoms. The molecule has 0 radical (unpaired) electrons. The molecule has 0 amide bonds. The van der Waals surface area contributed by atoms with E-state index in [-0.39, 0.29) is 12.1 Å². The van der Waals surface area contributed by atoms with Crippen LogP contribution in [0.2, 0.25) is 0 Å². The summed E-state index contributed by atoms with van der Waals surface area (Å²) in [5.41, 5.74) is 1.37. The third-order valence-corrected chi connectivity index (χ3v) is 4.30. The molecule has 3 atom stereocenters. The zero-order valence-electron chi connectivity index (χ0n) is 11.4. The van der Waals surface area contributed by atoms with E-state index in [4.69, 9.17) is 4.74 Å². The molecule has 2 fully saturated rings. The molecule has 1 aliphatic carbocycles. The number of ether oxygens (including phenoxy) is 1. The lowest BCUT2D eigenvalue weighted by Crippen LogP contribution is -2.37. The van der Waals surface area contributed by atoms with Crippen molar-refractivity contribution in [3.05, 3.63) is 35.9 Å². The van der Waals surface area contributed by atoms with Crippen molar-refractivity contribution >= 4 is 5.97 Å². The van der Waals surface area contributed by atoms with Crippen molar-refractivity contribution in [3.8, 4) is 0 Å². The summed E-state index contributed by atoms with van der Waals surface area (Å²) in [6, 6.07) is 10.6. The second-order valence-electron chi connectivity index (χ2n) is 5.93. The first kappa shape index (κ1) is 12.7. The van der Waals surface area contributed by atoms with Crippen LogP contribution in [0.15, 0.2) is 30.3 Å². The molecule has 0 aromatic heterocycles.